The predicted molar refractivity (Wildman–Crippen MR) is 118 cm³/mol. The summed E-state index contributed by atoms with van der Waals surface area (Å²) >= 11 is 6.28. The molecule has 0 spiro atoms. The molecular weight excluding hydrogens is 422 g/mol. The summed E-state index contributed by atoms with van der Waals surface area (Å²) in [6.07, 6.45) is 1.10. The van der Waals surface area contributed by atoms with E-state index in [0.29, 0.717) is 41.9 Å². The average Bonchev–Trinajstić information content (AvgIpc) is 3.02. The van der Waals surface area contributed by atoms with Gasteiger partial charge < -0.3 is 29.9 Å². The van der Waals surface area contributed by atoms with Crippen LogP contribution in [0.25, 0.3) is 0 Å². The number of likely N-dealkylation sites (tertiary alicyclic amines) is 1. The Morgan fingerprint density at radius 2 is 2.00 bits per heavy atom. The monoisotopic (exact) mass is 449 g/mol. The number of anilines is 1. The maximum absolute atomic E-state index is 12.6. The largest absolute Gasteiger partial charge is 0.506 e. The number of nitrogens with one attached hydrogen (secondary N) is 2. The lowest BCUT2D eigenvalue weighted by molar-refractivity contribution is 0.0693. The maximum Gasteiger partial charge on any atom is 0.409 e. The number of hydrogen-bond acceptors (Lipinski definition) is 6. The molecule has 3 rings (SSSR count). The van der Waals surface area contributed by atoms with Gasteiger partial charge in [-0.05, 0) is 17.0 Å². The predicted octanol–water partition coefficient (Wildman–Crippen LogP) is 2.87. The molecule has 1 fully saturated rings. The van der Waals surface area contributed by atoms with Crippen molar-refractivity contribution >= 4 is 29.3 Å². The Hall–Kier alpha value is -2.94. The van der Waals surface area contributed by atoms with Gasteiger partial charge in [-0.15, -0.1) is 0 Å². The minimum absolute atomic E-state index is 0.0466. The van der Waals surface area contributed by atoms with Crippen molar-refractivity contribution in [3.05, 3.63) is 40.4 Å². The third-order valence-electron chi connectivity index (χ3n) is 5.30. The Bertz CT molecular complexity index is 992. The number of hydrogen-bond donors (Lipinski definition) is 3. The van der Waals surface area contributed by atoms with E-state index in [0.717, 1.165) is 5.56 Å². The summed E-state index contributed by atoms with van der Waals surface area (Å²) < 4.78 is 6.34. The number of carbonyl (C=O) groups is 2. The van der Waals surface area contributed by atoms with Crippen LogP contribution in [0.3, 0.4) is 0 Å². The van der Waals surface area contributed by atoms with Crippen LogP contribution in [0.2, 0.25) is 5.02 Å². The number of methoxy groups -OCH3 is 1. The van der Waals surface area contributed by atoms with Crippen LogP contribution in [0.1, 0.15) is 42.6 Å². The van der Waals surface area contributed by atoms with Gasteiger partial charge in [0.05, 0.1) is 31.6 Å². The van der Waals surface area contributed by atoms with Gasteiger partial charge in [-0.1, -0.05) is 32.4 Å². The Morgan fingerprint density at radius 3 is 2.61 bits per heavy atom. The van der Waals surface area contributed by atoms with Crippen molar-refractivity contribution in [3.63, 3.8) is 0 Å². The van der Waals surface area contributed by atoms with Gasteiger partial charge in [0.15, 0.2) is 0 Å². The molecule has 0 unspecified atom stereocenters. The molecule has 1 aliphatic rings. The molecule has 0 saturated carbocycles. The number of carbonyl (C=O) groups excluding carboxylic acids is 2. The normalized spacial score (nSPS) is 14.2. The molecule has 9 nitrogen and oxygen atoms in total. The lowest BCUT2D eigenvalue weighted by atomic mass is 9.86. The van der Waals surface area contributed by atoms with E-state index in [9.17, 15) is 14.7 Å². The van der Waals surface area contributed by atoms with Gasteiger partial charge in [-0.2, -0.15) is 0 Å². The highest BCUT2D eigenvalue weighted by Crippen LogP contribution is 2.37. The first kappa shape index (κ1) is 22.7. The Morgan fingerprint density at radius 1 is 1.32 bits per heavy atom. The molecule has 2 heterocycles. The summed E-state index contributed by atoms with van der Waals surface area (Å²) in [5.41, 5.74) is 1.68. The number of benzene rings is 1. The smallest absolute Gasteiger partial charge is 0.409 e. The van der Waals surface area contributed by atoms with Crippen molar-refractivity contribution < 1.29 is 19.4 Å². The highest BCUT2D eigenvalue weighted by Gasteiger charge is 2.33. The molecule has 0 atom stereocenters. The second-order valence-corrected chi connectivity index (χ2v) is 9.02. The molecule has 1 saturated heterocycles. The summed E-state index contributed by atoms with van der Waals surface area (Å²) in [5.74, 6) is 0.409. The molecule has 3 N–H and O–H groups in total. The molecule has 0 bridgehead atoms. The Balaban J connectivity index is 1.64. The third-order valence-corrected chi connectivity index (χ3v) is 5.61. The van der Waals surface area contributed by atoms with Crippen LogP contribution in [-0.2, 0) is 23.7 Å². The number of phenols is 1. The molecule has 31 heavy (non-hydrogen) atoms. The zero-order valence-electron chi connectivity index (χ0n) is 18.3. The van der Waals surface area contributed by atoms with Gasteiger partial charge in [0.25, 0.3) is 5.91 Å². The van der Waals surface area contributed by atoms with Gasteiger partial charge in [-0.25, -0.2) is 9.78 Å². The van der Waals surface area contributed by atoms with Crippen LogP contribution < -0.4 is 10.6 Å². The first-order valence-electron chi connectivity index (χ1n) is 9.92. The molecule has 10 heteroatoms. The third kappa shape index (κ3) is 4.87. The molecule has 2 amide bonds. The van der Waals surface area contributed by atoms with Crippen molar-refractivity contribution in [1.29, 1.82) is 0 Å². The molecule has 1 aliphatic heterocycles. The van der Waals surface area contributed by atoms with Crippen molar-refractivity contribution in [2.75, 3.05) is 25.5 Å². The van der Waals surface area contributed by atoms with Crippen molar-refractivity contribution in [1.82, 2.24) is 19.8 Å². The fourth-order valence-electron chi connectivity index (χ4n) is 3.38. The van der Waals surface area contributed by atoms with Crippen LogP contribution in [0, 0.1) is 0 Å². The van der Waals surface area contributed by atoms with Gasteiger partial charge in [0.1, 0.15) is 17.3 Å². The van der Waals surface area contributed by atoms with Crippen LogP contribution in [0.5, 0.6) is 5.75 Å². The molecule has 168 valence electrons. The standard InChI is InChI=1S/C21H28ClN5O4/c1-21(2,3)13-6-15(17(28)7-14(13)22)23-9-18-24-8-16(26(18)4)19(29)25-12-10-27(11-12)20(30)31-5/h6-8,12,23,28H,9-11H2,1-5H3,(H,25,29). The molecule has 1 aromatic heterocycles. The van der Waals surface area contributed by atoms with E-state index >= 15 is 0 Å². The van der Waals surface area contributed by atoms with Crippen LogP contribution >= 0.6 is 11.6 Å². The van der Waals surface area contributed by atoms with E-state index in [2.05, 4.69) is 20.4 Å². The summed E-state index contributed by atoms with van der Waals surface area (Å²) in [6.45, 7) is 7.27. The van der Waals surface area contributed by atoms with Crippen LogP contribution in [0.4, 0.5) is 10.5 Å². The van der Waals surface area contributed by atoms with E-state index in [-0.39, 0.29) is 23.1 Å². The number of rotatable bonds is 5. The molecule has 0 radical (unpaired) electrons. The van der Waals surface area contributed by atoms with Gasteiger partial charge in [0.2, 0.25) is 0 Å². The minimum atomic E-state index is -0.403. The van der Waals surface area contributed by atoms with E-state index in [4.69, 9.17) is 11.6 Å². The van der Waals surface area contributed by atoms with Crippen molar-refractivity contribution in [3.8, 4) is 5.75 Å². The number of ether oxygens (including phenoxy) is 1. The number of aromatic nitrogens is 2. The lowest BCUT2D eigenvalue weighted by Gasteiger charge is -2.38. The van der Waals surface area contributed by atoms with E-state index in [1.54, 1.807) is 11.6 Å². The fourth-order valence-corrected chi connectivity index (χ4v) is 3.83. The highest BCUT2D eigenvalue weighted by molar-refractivity contribution is 6.31. The van der Waals surface area contributed by atoms with Gasteiger partial charge >= 0.3 is 6.09 Å². The summed E-state index contributed by atoms with van der Waals surface area (Å²) in [4.78, 5) is 29.8. The SMILES string of the molecule is COC(=O)N1CC(NC(=O)c2cnc(CNc3cc(C(C)(C)C)c(Cl)cc3O)n2C)C1. The lowest BCUT2D eigenvalue weighted by Crippen LogP contribution is -2.61. The van der Waals surface area contributed by atoms with Crippen molar-refractivity contribution in [2.24, 2.45) is 7.05 Å². The zero-order valence-corrected chi connectivity index (χ0v) is 19.1. The number of phenolic OH excluding ortho intramolecular Hbond substituents is 1. The van der Waals surface area contributed by atoms with E-state index in [1.165, 1.54) is 24.3 Å². The highest BCUT2D eigenvalue weighted by atomic mass is 35.5. The number of amides is 2. The Kier molecular flexibility index (Phi) is 6.35. The second kappa shape index (κ2) is 8.66. The number of halogens is 1. The number of nitrogens with zero attached hydrogens (tertiary/aromatic N) is 3. The first-order valence-corrected chi connectivity index (χ1v) is 10.3. The Labute approximate surface area is 186 Å². The molecule has 2 aromatic rings. The first-order chi connectivity index (χ1) is 14.5. The maximum atomic E-state index is 12.6. The average molecular weight is 450 g/mol. The van der Waals surface area contributed by atoms with Crippen LogP contribution in [0.15, 0.2) is 18.3 Å². The quantitative estimate of drug-likeness (QED) is 0.605. The van der Waals surface area contributed by atoms with Crippen LogP contribution in [-0.4, -0.2) is 57.8 Å². The summed E-state index contributed by atoms with van der Waals surface area (Å²) in [5, 5.41) is 16.8. The fraction of sp³-hybridized carbons (Fsp3) is 0.476. The topological polar surface area (TPSA) is 109 Å². The van der Waals surface area contributed by atoms with Crippen molar-refractivity contribution in [2.45, 2.75) is 38.8 Å². The summed E-state index contributed by atoms with van der Waals surface area (Å²) in [6, 6.07) is 3.24. The number of imidazole rings is 1. The number of aromatic hydroxyl groups is 1. The molecular formula is C21H28ClN5O4. The van der Waals surface area contributed by atoms with E-state index < -0.39 is 6.09 Å². The summed E-state index contributed by atoms with van der Waals surface area (Å²) in [7, 11) is 3.08. The van der Waals surface area contributed by atoms with Gasteiger partial charge in [-0.3, -0.25) is 4.79 Å². The van der Waals surface area contributed by atoms with Gasteiger partial charge in [0, 0.05) is 31.2 Å². The molecule has 0 aliphatic carbocycles. The minimum Gasteiger partial charge on any atom is -0.506 e. The second-order valence-electron chi connectivity index (χ2n) is 8.62. The molecule has 1 aromatic carbocycles. The van der Waals surface area contributed by atoms with E-state index in [1.807, 2.05) is 26.8 Å². The zero-order chi connectivity index (χ0) is 22.9.